The monoisotopic (exact) mass is 445 g/mol. The summed E-state index contributed by atoms with van der Waals surface area (Å²) in [5.41, 5.74) is 2.93. The van der Waals surface area contributed by atoms with E-state index in [-0.39, 0.29) is 12.4 Å². The number of nitrogens with zero attached hydrogens (tertiary/aromatic N) is 5. The number of hydrogen-bond donors (Lipinski definition) is 0. The summed E-state index contributed by atoms with van der Waals surface area (Å²) in [6.07, 6.45) is 5.34. The molecule has 160 valence electrons. The molecule has 3 heterocycles. The van der Waals surface area contributed by atoms with Crippen molar-refractivity contribution in [3.05, 3.63) is 48.0 Å². The lowest BCUT2D eigenvalue weighted by Gasteiger charge is -2.16. The van der Waals surface area contributed by atoms with Gasteiger partial charge in [0.05, 0.1) is 5.69 Å². The van der Waals surface area contributed by atoms with Crippen LogP contribution in [0.15, 0.2) is 46.3 Å². The summed E-state index contributed by atoms with van der Waals surface area (Å²) < 4.78 is 7.45. The van der Waals surface area contributed by atoms with Crippen LogP contribution in [0, 0.1) is 12.3 Å². The third kappa shape index (κ3) is 4.03. The van der Waals surface area contributed by atoms with Crippen LogP contribution in [-0.2, 0) is 7.05 Å². The van der Waals surface area contributed by atoms with Crippen molar-refractivity contribution >= 4 is 24.2 Å². The summed E-state index contributed by atoms with van der Waals surface area (Å²) in [6.45, 7) is 5.59. The zero-order valence-corrected chi connectivity index (χ0v) is 19.1. The normalized spacial score (nSPS) is 23.1. The summed E-state index contributed by atoms with van der Waals surface area (Å²) in [5.74, 6) is 3.27. The molecule has 2 fully saturated rings. The molecule has 0 N–H and O–H groups in total. The number of benzene rings is 1. The third-order valence-corrected chi connectivity index (χ3v) is 7.60. The van der Waals surface area contributed by atoms with Gasteiger partial charge in [-0.05, 0) is 56.2 Å². The van der Waals surface area contributed by atoms with E-state index in [1.807, 2.05) is 18.5 Å². The second-order valence-electron chi connectivity index (χ2n) is 8.39. The van der Waals surface area contributed by atoms with Gasteiger partial charge < -0.3 is 13.9 Å². The van der Waals surface area contributed by atoms with Crippen LogP contribution < -0.4 is 0 Å². The lowest BCUT2D eigenvalue weighted by molar-refractivity contribution is 0.319. The molecule has 5 rings (SSSR count). The minimum absolute atomic E-state index is 0. The van der Waals surface area contributed by atoms with E-state index in [2.05, 4.69) is 50.4 Å². The highest BCUT2D eigenvalue weighted by Gasteiger charge is 2.57. The molecule has 1 saturated carbocycles. The fourth-order valence-corrected chi connectivity index (χ4v) is 5.57. The van der Waals surface area contributed by atoms with Gasteiger partial charge in [0.1, 0.15) is 0 Å². The Kier molecular flexibility index (Phi) is 6.23. The first-order valence-corrected chi connectivity index (χ1v) is 11.3. The zero-order valence-electron chi connectivity index (χ0n) is 17.5. The van der Waals surface area contributed by atoms with Crippen LogP contribution in [0.2, 0.25) is 0 Å². The second kappa shape index (κ2) is 8.73. The van der Waals surface area contributed by atoms with Gasteiger partial charge in [-0.15, -0.1) is 22.6 Å². The summed E-state index contributed by atoms with van der Waals surface area (Å²) >= 11 is 1.77. The zero-order chi connectivity index (χ0) is 19.8. The lowest BCUT2D eigenvalue weighted by Crippen LogP contribution is -2.23. The Morgan fingerprint density at radius 3 is 2.83 bits per heavy atom. The Morgan fingerprint density at radius 1 is 1.23 bits per heavy atom. The van der Waals surface area contributed by atoms with Crippen LogP contribution in [0.4, 0.5) is 0 Å². The first-order chi connectivity index (χ1) is 14.2. The topological polar surface area (TPSA) is 60.0 Å². The second-order valence-corrected chi connectivity index (χ2v) is 9.45. The summed E-state index contributed by atoms with van der Waals surface area (Å²) in [7, 11) is 1.99. The van der Waals surface area contributed by atoms with Crippen molar-refractivity contribution in [2.45, 2.75) is 37.3 Å². The Bertz CT molecular complexity index is 991. The molecule has 0 bridgehead atoms. The van der Waals surface area contributed by atoms with Crippen LogP contribution in [0.25, 0.3) is 11.6 Å². The number of aryl methyl sites for hydroxylation is 1. The van der Waals surface area contributed by atoms with Crippen molar-refractivity contribution < 1.29 is 4.42 Å². The van der Waals surface area contributed by atoms with E-state index >= 15 is 0 Å². The van der Waals surface area contributed by atoms with Crippen molar-refractivity contribution in [3.8, 4) is 11.6 Å². The van der Waals surface area contributed by atoms with Gasteiger partial charge in [-0.2, -0.15) is 0 Å². The molecule has 0 amide bonds. The maximum atomic E-state index is 5.45. The quantitative estimate of drug-likeness (QED) is 0.392. The molecule has 0 unspecified atom stereocenters. The Balaban J connectivity index is 0.00000218. The Labute approximate surface area is 187 Å². The van der Waals surface area contributed by atoms with Crippen molar-refractivity contribution in [1.29, 1.82) is 0 Å². The molecular formula is C22H28ClN5OS. The molecule has 1 saturated heterocycles. The first kappa shape index (κ1) is 21.4. The minimum atomic E-state index is 0. The fraction of sp³-hybridized carbons (Fsp3) is 0.500. The molecule has 1 spiro atoms. The summed E-state index contributed by atoms with van der Waals surface area (Å²) in [5, 5.41) is 9.55. The highest BCUT2D eigenvalue weighted by atomic mass is 35.5. The van der Waals surface area contributed by atoms with Crippen LogP contribution in [0.5, 0.6) is 0 Å². The maximum absolute atomic E-state index is 5.45. The van der Waals surface area contributed by atoms with E-state index in [0.29, 0.717) is 11.2 Å². The lowest BCUT2D eigenvalue weighted by atomic mass is 9.98. The summed E-state index contributed by atoms with van der Waals surface area (Å²) in [6, 6.07) is 11.1. The largest absolute Gasteiger partial charge is 0.440 e. The number of thioether (sulfide) groups is 1. The van der Waals surface area contributed by atoms with Gasteiger partial charge in [0.2, 0.25) is 5.82 Å². The first-order valence-electron chi connectivity index (χ1n) is 10.4. The molecule has 3 aromatic rings. The Hall–Kier alpha value is -1.83. The van der Waals surface area contributed by atoms with Gasteiger partial charge in [0.25, 0.3) is 0 Å². The van der Waals surface area contributed by atoms with Gasteiger partial charge in [-0.3, -0.25) is 0 Å². The molecule has 1 aromatic carbocycles. The highest BCUT2D eigenvalue weighted by molar-refractivity contribution is 7.99. The number of aromatic nitrogens is 4. The number of likely N-dealkylation sites (tertiary alicyclic amines) is 1. The molecule has 6 nitrogen and oxygen atoms in total. The van der Waals surface area contributed by atoms with Gasteiger partial charge in [0, 0.05) is 19.3 Å². The summed E-state index contributed by atoms with van der Waals surface area (Å²) in [4.78, 5) is 6.80. The highest BCUT2D eigenvalue weighted by Crippen LogP contribution is 2.64. The standard InChI is InChI=1S/C22H27N5OS.ClH/c1-16-19(28-15-23-16)20-24-25-21(26(20)2)29-12-6-10-27-11-9-22(14-27)13-18(22)17-7-4-3-5-8-17;/h3-5,7-8,15,18H,6,9-14H2,1-2H3;1H/t18-,22+;/m0./s1. The molecule has 0 radical (unpaired) electrons. The molecule has 2 atom stereocenters. The van der Waals surface area contributed by atoms with Crippen molar-refractivity contribution in [2.24, 2.45) is 12.5 Å². The smallest absolute Gasteiger partial charge is 0.202 e. The molecule has 1 aliphatic carbocycles. The number of oxazole rings is 1. The predicted octanol–water partition coefficient (Wildman–Crippen LogP) is 4.56. The number of hydrogen-bond acceptors (Lipinski definition) is 6. The fourth-order valence-electron chi connectivity index (χ4n) is 4.74. The molecule has 8 heteroatoms. The molecule has 2 aliphatic rings. The molecule has 30 heavy (non-hydrogen) atoms. The molecule has 1 aliphatic heterocycles. The van der Waals surface area contributed by atoms with Gasteiger partial charge in [0.15, 0.2) is 17.3 Å². The van der Waals surface area contributed by atoms with Crippen molar-refractivity contribution in [1.82, 2.24) is 24.6 Å². The van der Waals surface area contributed by atoms with Crippen LogP contribution in [-0.4, -0.2) is 50.0 Å². The molecular weight excluding hydrogens is 418 g/mol. The van der Waals surface area contributed by atoms with Crippen molar-refractivity contribution in [2.75, 3.05) is 25.4 Å². The van der Waals surface area contributed by atoms with E-state index < -0.39 is 0 Å². The van der Waals surface area contributed by atoms with Crippen LogP contribution in [0.3, 0.4) is 0 Å². The average molecular weight is 446 g/mol. The van der Waals surface area contributed by atoms with Crippen molar-refractivity contribution in [3.63, 3.8) is 0 Å². The van der Waals surface area contributed by atoms with Gasteiger partial charge in [-0.25, -0.2) is 4.98 Å². The number of halogens is 1. The maximum Gasteiger partial charge on any atom is 0.202 e. The van der Waals surface area contributed by atoms with Gasteiger partial charge >= 0.3 is 0 Å². The van der Waals surface area contributed by atoms with E-state index in [1.54, 1.807) is 11.8 Å². The van der Waals surface area contributed by atoms with E-state index in [4.69, 9.17) is 4.42 Å². The average Bonchev–Trinajstić information content (AvgIpc) is 3.02. The number of rotatable bonds is 7. The van der Waals surface area contributed by atoms with Gasteiger partial charge in [-0.1, -0.05) is 42.1 Å². The SMILES string of the molecule is Cc1ncoc1-c1nnc(SCCCN2CC[C@@]3(C[C@H]3c3ccccc3)C2)n1C.Cl. The molecule has 2 aromatic heterocycles. The van der Waals surface area contributed by atoms with E-state index in [0.717, 1.165) is 28.3 Å². The minimum Gasteiger partial charge on any atom is -0.440 e. The Morgan fingerprint density at radius 2 is 2.07 bits per heavy atom. The van der Waals surface area contributed by atoms with Crippen LogP contribution >= 0.6 is 24.2 Å². The predicted molar refractivity (Wildman–Crippen MR) is 121 cm³/mol. The van der Waals surface area contributed by atoms with Crippen LogP contribution in [0.1, 0.15) is 36.4 Å². The van der Waals surface area contributed by atoms with E-state index in [9.17, 15) is 0 Å². The van der Waals surface area contributed by atoms with E-state index in [1.165, 1.54) is 50.9 Å². The third-order valence-electron chi connectivity index (χ3n) is 6.49.